The molecule has 1 rings (SSSR count). The second kappa shape index (κ2) is 5.93. The number of nitriles is 1. The Labute approximate surface area is 109 Å². The topological polar surface area (TPSA) is 113 Å². The molecule has 1 atom stereocenters. The third-order valence-corrected chi connectivity index (χ3v) is 2.46. The van der Waals surface area contributed by atoms with Gasteiger partial charge >= 0.3 is 5.97 Å². The Morgan fingerprint density at radius 3 is 2.53 bits per heavy atom. The van der Waals surface area contributed by atoms with Crippen molar-refractivity contribution in [2.24, 2.45) is 0 Å². The molecule has 19 heavy (non-hydrogen) atoms. The van der Waals surface area contributed by atoms with Crippen molar-refractivity contribution in [1.29, 1.82) is 5.26 Å². The molecule has 0 amide bonds. The zero-order chi connectivity index (χ0) is 14.5. The smallest absolute Gasteiger partial charge is 0.349 e. The molecule has 0 heterocycles. The zero-order valence-corrected chi connectivity index (χ0v) is 10.2. The fourth-order valence-corrected chi connectivity index (χ4v) is 1.53. The summed E-state index contributed by atoms with van der Waals surface area (Å²) < 4.78 is 4.66. The number of hydrogen-bond acceptors (Lipinski definition) is 6. The molecule has 0 aromatic heterocycles. The number of ether oxygens (including phenoxy) is 1. The van der Waals surface area contributed by atoms with Crippen molar-refractivity contribution in [1.82, 2.24) is 0 Å². The van der Waals surface area contributed by atoms with E-state index >= 15 is 0 Å². The zero-order valence-electron chi connectivity index (χ0n) is 10.2. The summed E-state index contributed by atoms with van der Waals surface area (Å²) in [6, 6.07) is 7.17. The van der Waals surface area contributed by atoms with E-state index in [0.717, 1.165) is 0 Å². The lowest BCUT2D eigenvalue weighted by Gasteiger charge is -2.22. The van der Waals surface area contributed by atoms with E-state index in [0.29, 0.717) is 5.56 Å². The molecule has 100 valence electrons. The minimum absolute atomic E-state index is 0.00482. The molecule has 0 radical (unpaired) electrons. The molecular weight excluding hydrogens is 252 g/mol. The number of carbonyl (C=O) groups excluding carboxylic acids is 1. The van der Waals surface area contributed by atoms with Crippen molar-refractivity contribution < 1.29 is 19.6 Å². The molecule has 0 spiro atoms. The molecule has 0 aliphatic carbocycles. The highest BCUT2D eigenvalue weighted by Crippen LogP contribution is 2.24. The van der Waals surface area contributed by atoms with Crippen LogP contribution < -0.4 is 0 Å². The molecule has 1 aromatic carbocycles. The van der Waals surface area contributed by atoms with Gasteiger partial charge in [0.15, 0.2) is 0 Å². The standard InChI is InChI=1S/C12H12N2O5/c1-2-19-11(15)12(16,8-14(17)18)10-5-3-9(7-13)4-6-10/h3-6,16H,2,8H2,1H3. The maximum atomic E-state index is 11.7. The molecule has 0 aliphatic heterocycles. The van der Waals surface area contributed by atoms with Gasteiger partial charge in [-0.3, -0.25) is 10.1 Å². The lowest BCUT2D eigenvalue weighted by molar-refractivity contribution is -0.499. The summed E-state index contributed by atoms with van der Waals surface area (Å²) in [6.07, 6.45) is 0. The molecular formula is C12H12N2O5. The highest BCUT2D eigenvalue weighted by Gasteiger charge is 2.45. The number of nitrogens with zero attached hydrogens (tertiary/aromatic N) is 2. The lowest BCUT2D eigenvalue weighted by Crippen LogP contribution is -2.43. The van der Waals surface area contributed by atoms with Crippen LogP contribution in [0.5, 0.6) is 0 Å². The van der Waals surface area contributed by atoms with Crippen LogP contribution in [-0.4, -0.2) is 29.2 Å². The number of aliphatic hydroxyl groups is 1. The minimum atomic E-state index is -2.35. The van der Waals surface area contributed by atoms with Crippen molar-refractivity contribution >= 4 is 5.97 Å². The fourth-order valence-electron chi connectivity index (χ4n) is 1.53. The van der Waals surface area contributed by atoms with Gasteiger partial charge in [0.05, 0.1) is 18.2 Å². The van der Waals surface area contributed by atoms with E-state index in [-0.39, 0.29) is 12.2 Å². The van der Waals surface area contributed by atoms with Crippen LogP contribution in [0.3, 0.4) is 0 Å². The molecule has 7 nitrogen and oxygen atoms in total. The SMILES string of the molecule is CCOC(=O)C(O)(C[N+](=O)[O-])c1ccc(C#N)cc1. The largest absolute Gasteiger partial charge is 0.463 e. The quantitative estimate of drug-likeness (QED) is 0.473. The molecule has 0 saturated heterocycles. The normalized spacial score (nSPS) is 13.1. The maximum Gasteiger partial charge on any atom is 0.349 e. The highest BCUT2D eigenvalue weighted by molar-refractivity contribution is 5.81. The predicted octanol–water partition coefficient (Wildman–Crippen LogP) is 0.586. The number of benzene rings is 1. The van der Waals surface area contributed by atoms with Crippen LogP contribution in [0, 0.1) is 21.4 Å². The Bertz CT molecular complexity index is 520. The molecule has 1 N–H and O–H groups in total. The minimum Gasteiger partial charge on any atom is -0.463 e. The number of hydrogen-bond donors (Lipinski definition) is 1. The van der Waals surface area contributed by atoms with E-state index in [1.807, 2.05) is 6.07 Å². The number of esters is 1. The Balaban J connectivity index is 3.18. The van der Waals surface area contributed by atoms with Gasteiger partial charge in [0.1, 0.15) is 0 Å². The van der Waals surface area contributed by atoms with Crippen LogP contribution in [0.1, 0.15) is 18.1 Å². The third-order valence-electron chi connectivity index (χ3n) is 2.46. The second-order valence-corrected chi connectivity index (χ2v) is 3.76. The molecule has 1 aromatic rings. The molecule has 7 heteroatoms. The van der Waals surface area contributed by atoms with Gasteiger partial charge in [0.25, 0.3) is 5.60 Å². The summed E-state index contributed by atoms with van der Waals surface area (Å²) in [6.45, 7) is 0.524. The van der Waals surface area contributed by atoms with Crippen LogP contribution >= 0.6 is 0 Å². The molecule has 0 aliphatic rings. The van der Waals surface area contributed by atoms with Gasteiger partial charge in [-0.2, -0.15) is 5.26 Å². The molecule has 1 unspecified atom stereocenters. The highest BCUT2D eigenvalue weighted by atomic mass is 16.6. The summed E-state index contributed by atoms with van der Waals surface area (Å²) in [5.74, 6) is -1.09. The maximum absolute atomic E-state index is 11.7. The van der Waals surface area contributed by atoms with Crippen molar-refractivity contribution in [3.8, 4) is 6.07 Å². The second-order valence-electron chi connectivity index (χ2n) is 3.76. The summed E-state index contributed by atoms with van der Waals surface area (Å²) in [5.41, 5.74) is -2.02. The van der Waals surface area contributed by atoms with E-state index < -0.39 is 23.0 Å². The Kier molecular flexibility index (Phi) is 4.56. The van der Waals surface area contributed by atoms with Crippen LogP contribution in [0.15, 0.2) is 24.3 Å². The van der Waals surface area contributed by atoms with E-state index in [1.54, 1.807) is 0 Å². The van der Waals surface area contributed by atoms with Crippen molar-refractivity contribution in [3.05, 3.63) is 45.5 Å². The number of nitro groups is 1. The lowest BCUT2D eigenvalue weighted by atomic mass is 9.93. The first-order valence-electron chi connectivity index (χ1n) is 5.46. The predicted molar refractivity (Wildman–Crippen MR) is 63.5 cm³/mol. The van der Waals surface area contributed by atoms with Gasteiger partial charge < -0.3 is 9.84 Å². The van der Waals surface area contributed by atoms with Crippen LogP contribution in [0.25, 0.3) is 0 Å². The van der Waals surface area contributed by atoms with E-state index in [2.05, 4.69) is 4.74 Å². The summed E-state index contributed by atoms with van der Waals surface area (Å²) in [7, 11) is 0. The summed E-state index contributed by atoms with van der Waals surface area (Å²) >= 11 is 0. The molecule has 0 fully saturated rings. The van der Waals surface area contributed by atoms with Crippen molar-refractivity contribution in [2.45, 2.75) is 12.5 Å². The van der Waals surface area contributed by atoms with Crippen LogP contribution in [0.2, 0.25) is 0 Å². The van der Waals surface area contributed by atoms with Gasteiger partial charge in [-0.05, 0) is 19.1 Å². The third kappa shape index (κ3) is 3.26. The first-order valence-corrected chi connectivity index (χ1v) is 5.46. The van der Waals surface area contributed by atoms with Crippen LogP contribution in [-0.2, 0) is 15.1 Å². The monoisotopic (exact) mass is 264 g/mol. The molecule has 0 saturated carbocycles. The first kappa shape index (κ1) is 14.6. The van der Waals surface area contributed by atoms with Crippen LogP contribution in [0.4, 0.5) is 0 Å². The summed E-state index contributed by atoms with van der Waals surface area (Å²) in [4.78, 5) is 21.5. The average molecular weight is 264 g/mol. The fraction of sp³-hybridized carbons (Fsp3) is 0.333. The first-order chi connectivity index (χ1) is 8.93. The van der Waals surface area contributed by atoms with E-state index in [1.165, 1.54) is 31.2 Å². The number of rotatable bonds is 5. The number of carbonyl (C=O) groups is 1. The Hall–Kier alpha value is -2.46. The average Bonchev–Trinajstić information content (AvgIpc) is 2.38. The van der Waals surface area contributed by atoms with Gasteiger partial charge in [-0.25, -0.2) is 4.79 Å². The Morgan fingerprint density at radius 1 is 1.53 bits per heavy atom. The van der Waals surface area contributed by atoms with E-state index in [9.17, 15) is 20.0 Å². The van der Waals surface area contributed by atoms with Gasteiger partial charge in [-0.1, -0.05) is 12.1 Å². The van der Waals surface area contributed by atoms with E-state index in [4.69, 9.17) is 5.26 Å². The van der Waals surface area contributed by atoms with Gasteiger partial charge in [0.2, 0.25) is 6.54 Å². The van der Waals surface area contributed by atoms with Gasteiger partial charge in [-0.15, -0.1) is 0 Å². The molecule has 0 bridgehead atoms. The summed E-state index contributed by atoms with van der Waals surface area (Å²) in [5, 5.41) is 29.5. The van der Waals surface area contributed by atoms with Crippen molar-refractivity contribution in [2.75, 3.05) is 13.2 Å². The Morgan fingerprint density at radius 2 is 2.11 bits per heavy atom. The van der Waals surface area contributed by atoms with Crippen molar-refractivity contribution in [3.63, 3.8) is 0 Å². The van der Waals surface area contributed by atoms with Gasteiger partial charge in [0, 0.05) is 10.5 Å².